The van der Waals surface area contributed by atoms with Crippen molar-refractivity contribution in [3.05, 3.63) is 95.4 Å². The van der Waals surface area contributed by atoms with Crippen molar-refractivity contribution in [2.45, 2.75) is 13.3 Å². The standard InChI is InChI=1S/C24H21N3S/c1-2-18-8-12-20(13-9-18)21-14-10-19(11-15-21)16-25-27-24-26-23(17-28-24)22-6-4-3-5-7-22/h3-17H,2H2,1H3,(H,26,27). The molecule has 0 radical (unpaired) electrons. The van der Waals surface area contributed by atoms with Crippen molar-refractivity contribution >= 4 is 22.7 Å². The van der Waals surface area contributed by atoms with Crippen molar-refractivity contribution in [3.8, 4) is 22.4 Å². The molecule has 0 spiro atoms. The normalized spacial score (nSPS) is 11.0. The predicted octanol–water partition coefficient (Wildman–Crippen LogP) is 6.49. The lowest BCUT2D eigenvalue weighted by Crippen LogP contribution is -1.90. The molecular weight excluding hydrogens is 362 g/mol. The van der Waals surface area contributed by atoms with Gasteiger partial charge in [-0.15, -0.1) is 11.3 Å². The molecule has 0 bridgehead atoms. The predicted molar refractivity (Wildman–Crippen MR) is 120 cm³/mol. The average Bonchev–Trinajstić information content (AvgIpc) is 3.24. The van der Waals surface area contributed by atoms with Crippen molar-refractivity contribution < 1.29 is 0 Å². The van der Waals surface area contributed by atoms with Crippen LogP contribution in [0.3, 0.4) is 0 Å². The van der Waals surface area contributed by atoms with Crippen molar-refractivity contribution in [1.29, 1.82) is 0 Å². The van der Waals surface area contributed by atoms with Crippen LogP contribution in [0.15, 0.2) is 89.3 Å². The number of thiazole rings is 1. The topological polar surface area (TPSA) is 37.3 Å². The Balaban J connectivity index is 1.39. The van der Waals surface area contributed by atoms with Crippen LogP contribution in [0.4, 0.5) is 5.13 Å². The Bertz CT molecular complexity index is 1050. The molecule has 1 aromatic heterocycles. The first-order valence-corrected chi connectivity index (χ1v) is 10.2. The Labute approximate surface area is 169 Å². The molecule has 0 amide bonds. The minimum atomic E-state index is 0.780. The van der Waals surface area contributed by atoms with Gasteiger partial charge in [0.1, 0.15) is 0 Å². The quantitative estimate of drug-likeness (QED) is 0.305. The second-order valence-electron chi connectivity index (χ2n) is 6.45. The summed E-state index contributed by atoms with van der Waals surface area (Å²) in [4.78, 5) is 4.57. The van der Waals surface area contributed by atoms with Crippen molar-refractivity contribution in [2.75, 3.05) is 5.43 Å². The molecule has 0 atom stereocenters. The fourth-order valence-corrected chi connectivity index (χ4v) is 3.59. The van der Waals surface area contributed by atoms with Gasteiger partial charge in [0.15, 0.2) is 0 Å². The highest BCUT2D eigenvalue weighted by Gasteiger charge is 2.03. The highest BCUT2D eigenvalue weighted by Crippen LogP contribution is 2.24. The van der Waals surface area contributed by atoms with Gasteiger partial charge < -0.3 is 0 Å². The number of anilines is 1. The fraction of sp³-hybridized carbons (Fsp3) is 0.0833. The number of aromatic nitrogens is 1. The number of aryl methyl sites for hydroxylation is 1. The largest absolute Gasteiger partial charge is 0.253 e. The molecule has 0 aliphatic heterocycles. The maximum Gasteiger partial charge on any atom is 0.203 e. The molecule has 138 valence electrons. The van der Waals surface area contributed by atoms with Gasteiger partial charge in [-0.05, 0) is 28.7 Å². The lowest BCUT2D eigenvalue weighted by Gasteiger charge is -2.03. The van der Waals surface area contributed by atoms with Gasteiger partial charge in [0.25, 0.3) is 0 Å². The van der Waals surface area contributed by atoms with Crippen molar-refractivity contribution in [1.82, 2.24) is 4.98 Å². The number of nitrogens with zero attached hydrogens (tertiary/aromatic N) is 2. The molecule has 1 heterocycles. The van der Waals surface area contributed by atoms with Crippen LogP contribution >= 0.6 is 11.3 Å². The smallest absolute Gasteiger partial charge is 0.203 e. The maximum absolute atomic E-state index is 4.57. The molecule has 3 aromatic carbocycles. The van der Waals surface area contributed by atoms with Crippen LogP contribution in [0.5, 0.6) is 0 Å². The third kappa shape index (κ3) is 4.35. The van der Waals surface area contributed by atoms with Gasteiger partial charge in [0, 0.05) is 10.9 Å². The van der Waals surface area contributed by atoms with Crippen LogP contribution in [0.2, 0.25) is 0 Å². The van der Waals surface area contributed by atoms with Crippen LogP contribution < -0.4 is 5.43 Å². The van der Waals surface area contributed by atoms with Gasteiger partial charge in [0.2, 0.25) is 5.13 Å². The molecule has 0 saturated heterocycles. The Kier molecular flexibility index (Phi) is 5.59. The number of hydrogen-bond acceptors (Lipinski definition) is 4. The Morgan fingerprint density at radius 1 is 0.857 bits per heavy atom. The molecule has 0 fully saturated rings. The zero-order valence-electron chi connectivity index (χ0n) is 15.7. The molecule has 3 nitrogen and oxygen atoms in total. The van der Waals surface area contributed by atoms with E-state index in [2.05, 4.69) is 83.1 Å². The fourth-order valence-electron chi connectivity index (χ4n) is 2.92. The van der Waals surface area contributed by atoms with E-state index in [0.29, 0.717) is 0 Å². The third-order valence-corrected chi connectivity index (χ3v) is 5.30. The summed E-state index contributed by atoms with van der Waals surface area (Å²) in [7, 11) is 0. The Morgan fingerprint density at radius 2 is 1.54 bits per heavy atom. The number of hydrazone groups is 1. The molecule has 0 saturated carbocycles. The van der Waals surface area contributed by atoms with E-state index in [9.17, 15) is 0 Å². The summed E-state index contributed by atoms with van der Waals surface area (Å²) in [6.45, 7) is 2.17. The molecule has 28 heavy (non-hydrogen) atoms. The van der Waals surface area contributed by atoms with Crippen molar-refractivity contribution in [2.24, 2.45) is 5.10 Å². The number of nitrogens with one attached hydrogen (secondary N) is 1. The summed E-state index contributed by atoms with van der Waals surface area (Å²) in [6.07, 6.45) is 2.88. The molecule has 4 heteroatoms. The molecular formula is C24H21N3S. The monoisotopic (exact) mass is 383 g/mol. The molecule has 0 aliphatic rings. The summed E-state index contributed by atoms with van der Waals surface area (Å²) >= 11 is 1.55. The first-order valence-electron chi connectivity index (χ1n) is 9.31. The van der Waals surface area contributed by atoms with Gasteiger partial charge in [-0.2, -0.15) is 5.10 Å². The Morgan fingerprint density at radius 3 is 2.21 bits per heavy atom. The van der Waals surface area contributed by atoms with Crippen LogP contribution in [-0.4, -0.2) is 11.2 Å². The van der Waals surface area contributed by atoms with Gasteiger partial charge >= 0.3 is 0 Å². The van der Waals surface area contributed by atoms with Crippen LogP contribution in [0.1, 0.15) is 18.1 Å². The molecule has 0 aliphatic carbocycles. The minimum Gasteiger partial charge on any atom is -0.253 e. The van der Waals surface area contributed by atoms with Crippen molar-refractivity contribution in [3.63, 3.8) is 0 Å². The van der Waals surface area contributed by atoms with Gasteiger partial charge in [-0.1, -0.05) is 85.8 Å². The molecule has 0 unspecified atom stereocenters. The summed E-state index contributed by atoms with van der Waals surface area (Å²) in [5, 5.41) is 7.13. The van der Waals surface area contributed by atoms with Gasteiger partial charge in [0.05, 0.1) is 11.9 Å². The van der Waals surface area contributed by atoms with E-state index >= 15 is 0 Å². The molecule has 1 N–H and O–H groups in total. The maximum atomic E-state index is 4.57. The first kappa shape index (κ1) is 18.1. The van der Waals surface area contributed by atoms with E-state index in [1.165, 1.54) is 16.7 Å². The summed E-state index contributed by atoms with van der Waals surface area (Å²) in [5.41, 5.74) is 9.93. The summed E-state index contributed by atoms with van der Waals surface area (Å²) in [5.74, 6) is 0. The third-order valence-electron chi connectivity index (χ3n) is 4.55. The van der Waals surface area contributed by atoms with Crippen LogP contribution in [0.25, 0.3) is 22.4 Å². The molecule has 4 aromatic rings. The lowest BCUT2D eigenvalue weighted by atomic mass is 10.0. The van der Waals surface area contributed by atoms with E-state index in [-0.39, 0.29) is 0 Å². The van der Waals surface area contributed by atoms with E-state index in [1.54, 1.807) is 11.3 Å². The van der Waals surface area contributed by atoms with Gasteiger partial charge in [-0.25, -0.2) is 4.98 Å². The minimum absolute atomic E-state index is 0.780. The average molecular weight is 384 g/mol. The zero-order valence-corrected chi connectivity index (χ0v) is 16.5. The van der Waals surface area contributed by atoms with E-state index in [0.717, 1.165) is 28.4 Å². The highest BCUT2D eigenvalue weighted by atomic mass is 32.1. The highest BCUT2D eigenvalue weighted by molar-refractivity contribution is 7.14. The van der Waals surface area contributed by atoms with E-state index in [1.807, 2.05) is 29.8 Å². The second kappa shape index (κ2) is 8.63. The molecule has 4 rings (SSSR count). The number of rotatable bonds is 6. The van der Waals surface area contributed by atoms with Crippen LogP contribution in [-0.2, 0) is 6.42 Å². The number of hydrogen-bond donors (Lipinski definition) is 1. The van der Waals surface area contributed by atoms with E-state index < -0.39 is 0 Å². The van der Waals surface area contributed by atoms with Crippen LogP contribution in [0, 0.1) is 0 Å². The summed E-state index contributed by atoms with van der Waals surface area (Å²) < 4.78 is 0. The number of benzene rings is 3. The first-order chi connectivity index (χ1) is 13.8. The second-order valence-corrected chi connectivity index (χ2v) is 7.30. The zero-order chi connectivity index (χ0) is 19.2. The Hall–Kier alpha value is -3.24. The van der Waals surface area contributed by atoms with E-state index in [4.69, 9.17) is 0 Å². The summed E-state index contributed by atoms with van der Waals surface area (Å²) in [6, 6.07) is 27.3. The van der Waals surface area contributed by atoms with Gasteiger partial charge in [-0.3, -0.25) is 5.43 Å². The lowest BCUT2D eigenvalue weighted by molar-refractivity contribution is 1.14. The SMILES string of the molecule is CCc1ccc(-c2ccc(C=NNc3nc(-c4ccccc4)cs3)cc2)cc1.